The van der Waals surface area contributed by atoms with Crippen molar-refractivity contribution in [2.45, 2.75) is 0 Å². The summed E-state index contributed by atoms with van der Waals surface area (Å²) in [5.41, 5.74) is 1.68. The summed E-state index contributed by atoms with van der Waals surface area (Å²) in [6.45, 7) is 0. The molecule has 0 unspecified atom stereocenters. The molecule has 0 atom stereocenters. The lowest BCUT2D eigenvalue weighted by molar-refractivity contribution is 0.144. The fraction of sp³-hybridized carbons (Fsp3) is 0. The van der Waals surface area contributed by atoms with Crippen LogP contribution in [0.15, 0.2) is 42.5 Å². The van der Waals surface area contributed by atoms with E-state index < -0.39 is 6.16 Å². The van der Waals surface area contributed by atoms with Crippen molar-refractivity contribution in [3.8, 4) is 16.9 Å². The Labute approximate surface area is 114 Å². The molecule has 0 aliphatic carbocycles. The molecule has 5 heteroatoms. The molecule has 0 aliphatic heterocycles. The molecule has 2 rings (SSSR count). The monoisotopic (exact) mass is 282 g/mol. The zero-order valence-corrected chi connectivity index (χ0v) is 10.6. The maximum Gasteiger partial charge on any atom is 0.511 e. The van der Waals surface area contributed by atoms with Crippen LogP contribution in [0.1, 0.15) is 0 Å². The van der Waals surface area contributed by atoms with E-state index in [1.54, 1.807) is 42.5 Å². The maximum absolute atomic E-state index is 10.4. The van der Waals surface area contributed by atoms with E-state index in [0.717, 1.165) is 11.1 Å². The maximum atomic E-state index is 10.4. The fourth-order valence-corrected chi connectivity index (χ4v) is 2.04. The van der Waals surface area contributed by atoms with E-state index in [0.29, 0.717) is 10.0 Å². The minimum atomic E-state index is -1.34. The zero-order valence-electron chi connectivity index (χ0n) is 9.06. The van der Waals surface area contributed by atoms with Gasteiger partial charge in [-0.15, -0.1) is 0 Å². The third-order valence-corrected chi connectivity index (χ3v) is 2.85. The van der Waals surface area contributed by atoms with Crippen molar-refractivity contribution in [3.05, 3.63) is 52.5 Å². The smallest absolute Gasteiger partial charge is 0.449 e. The third kappa shape index (κ3) is 2.94. The molecular weight excluding hydrogens is 275 g/mol. The highest BCUT2D eigenvalue weighted by Crippen LogP contribution is 2.31. The van der Waals surface area contributed by atoms with Gasteiger partial charge in [0.25, 0.3) is 0 Å². The van der Waals surface area contributed by atoms with E-state index in [4.69, 9.17) is 28.3 Å². The van der Waals surface area contributed by atoms with Crippen LogP contribution in [0.2, 0.25) is 10.0 Å². The van der Waals surface area contributed by atoms with Gasteiger partial charge in [0.15, 0.2) is 0 Å². The van der Waals surface area contributed by atoms with E-state index >= 15 is 0 Å². The molecule has 92 valence electrons. The van der Waals surface area contributed by atoms with Crippen LogP contribution in [0.5, 0.6) is 5.75 Å². The average Bonchev–Trinajstić information content (AvgIpc) is 2.30. The summed E-state index contributed by atoms with van der Waals surface area (Å²) < 4.78 is 4.52. The van der Waals surface area contributed by atoms with E-state index in [-0.39, 0.29) is 5.75 Å². The lowest BCUT2D eigenvalue weighted by Crippen LogP contribution is -2.02. The molecule has 2 aromatic carbocycles. The molecule has 0 radical (unpaired) electrons. The van der Waals surface area contributed by atoms with Crippen molar-refractivity contribution in [1.82, 2.24) is 0 Å². The van der Waals surface area contributed by atoms with Gasteiger partial charge in [-0.3, -0.25) is 0 Å². The van der Waals surface area contributed by atoms with Crippen molar-refractivity contribution in [3.63, 3.8) is 0 Å². The van der Waals surface area contributed by atoms with Crippen molar-refractivity contribution in [1.29, 1.82) is 0 Å². The van der Waals surface area contributed by atoms with Crippen molar-refractivity contribution in [2.24, 2.45) is 0 Å². The van der Waals surface area contributed by atoms with Crippen LogP contribution in [0, 0.1) is 0 Å². The van der Waals surface area contributed by atoms with Gasteiger partial charge >= 0.3 is 6.16 Å². The highest BCUT2D eigenvalue weighted by Gasteiger charge is 2.05. The fourth-order valence-electron chi connectivity index (χ4n) is 1.53. The molecule has 0 bridgehead atoms. The SMILES string of the molecule is O=C(O)Oc1ccc(-c2ccc(Cl)cc2Cl)cc1. The first-order chi connectivity index (χ1) is 8.56. The first-order valence-electron chi connectivity index (χ1n) is 5.02. The second-order valence-electron chi connectivity index (χ2n) is 3.52. The first-order valence-corrected chi connectivity index (χ1v) is 5.78. The summed E-state index contributed by atoms with van der Waals surface area (Å²) in [5, 5.41) is 9.57. The second kappa shape index (κ2) is 5.29. The van der Waals surface area contributed by atoms with E-state index in [2.05, 4.69) is 4.74 Å². The van der Waals surface area contributed by atoms with Crippen LogP contribution in [-0.2, 0) is 0 Å². The van der Waals surface area contributed by atoms with Crippen LogP contribution < -0.4 is 4.74 Å². The number of benzene rings is 2. The lowest BCUT2D eigenvalue weighted by Gasteiger charge is -2.06. The Kier molecular flexibility index (Phi) is 3.75. The molecule has 0 saturated carbocycles. The van der Waals surface area contributed by atoms with Crippen molar-refractivity contribution < 1.29 is 14.6 Å². The number of hydrogen-bond acceptors (Lipinski definition) is 2. The molecule has 0 spiro atoms. The van der Waals surface area contributed by atoms with Gasteiger partial charge in [-0.05, 0) is 29.8 Å². The normalized spacial score (nSPS) is 10.1. The Hall–Kier alpha value is -1.71. The summed E-state index contributed by atoms with van der Waals surface area (Å²) in [4.78, 5) is 10.4. The predicted molar refractivity (Wildman–Crippen MR) is 70.6 cm³/mol. The lowest BCUT2D eigenvalue weighted by atomic mass is 10.1. The molecule has 0 heterocycles. The molecule has 0 aromatic heterocycles. The Morgan fingerprint density at radius 2 is 1.72 bits per heavy atom. The number of hydrogen-bond donors (Lipinski definition) is 1. The Morgan fingerprint density at radius 1 is 1.06 bits per heavy atom. The minimum Gasteiger partial charge on any atom is -0.449 e. The highest BCUT2D eigenvalue weighted by molar-refractivity contribution is 6.36. The minimum absolute atomic E-state index is 0.260. The third-order valence-electron chi connectivity index (χ3n) is 2.30. The number of carboxylic acid groups (broad SMARTS) is 1. The zero-order chi connectivity index (χ0) is 13.1. The summed E-state index contributed by atoms with van der Waals surface area (Å²) in [6.07, 6.45) is -1.34. The molecule has 2 aromatic rings. The summed E-state index contributed by atoms with van der Waals surface area (Å²) >= 11 is 11.9. The van der Waals surface area contributed by atoms with Gasteiger partial charge in [0, 0.05) is 15.6 Å². The Morgan fingerprint density at radius 3 is 2.28 bits per heavy atom. The predicted octanol–water partition coefficient (Wildman–Crippen LogP) is 4.72. The van der Waals surface area contributed by atoms with E-state index in [1.807, 2.05) is 0 Å². The molecule has 0 fully saturated rings. The van der Waals surface area contributed by atoms with Crippen molar-refractivity contribution in [2.75, 3.05) is 0 Å². The molecular formula is C13H8Cl2O3. The van der Waals surface area contributed by atoms with Crippen molar-refractivity contribution >= 4 is 29.4 Å². The van der Waals surface area contributed by atoms with Crippen LogP contribution in [0.4, 0.5) is 4.79 Å². The van der Waals surface area contributed by atoms with E-state index in [9.17, 15) is 4.79 Å². The topological polar surface area (TPSA) is 46.5 Å². The van der Waals surface area contributed by atoms with Gasteiger partial charge in [-0.25, -0.2) is 4.79 Å². The number of halogens is 2. The molecule has 0 aliphatic rings. The second-order valence-corrected chi connectivity index (χ2v) is 4.36. The highest BCUT2D eigenvalue weighted by atomic mass is 35.5. The van der Waals surface area contributed by atoms with Crippen LogP contribution in [0.25, 0.3) is 11.1 Å². The van der Waals surface area contributed by atoms with Crippen LogP contribution in [0.3, 0.4) is 0 Å². The number of carbonyl (C=O) groups is 1. The van der Waals surface area contributed by atoms with E-state index in [1.165, 1.54) is 0 Å². The standard InChI is InChI=1S/C13H8Cl2O3/c14-9-3-6-11(12(15)7-9)8-1-4-10(5-2-8)18-13(16)17/h1-7H,(H,16,17). The quantitative estimate of drug-likeness (QED) is 0.641. The Balaban J connectivity index is 2.31. The molecule has 3 nitrogen and oxygen atoms in total. The van der Waals surface area contributed by atoms with Gasteiger partial charge in [-0.1, -0.05) is 41.4 Å². The molecule has 0 amide bonds. The Bertz CT molecular complexity index is 579. The van der Waals surface area contributed by atoms with Gasteiger partial charge in [0.05, 0.1) is 0 Å². The average molecular weight is 283 g/mol. The number of ether oxygens (including phenoxy) is 1. The summed E-state index contributed by atoms with van der Waals surface area (Å²) in [5.74, 6) is 0.260. The number of rotatable bonds is 2. The van der Waals surface area contributed by atoms with Gasteiger partial charge < -0.3 is 9.84 Å². The van der Waals surface area contributed by atoms with Gasteiger partial charge in [-0.2, -0.15) is 0 Å². The van der Waals surface area contributed by atoms with Gasteiger partial charge in [0.1, 0.15) is 5.75 Å². The summed E-state index contributed by atoms with van der Waals surface area (Å²) in [7, 11) is 0. The first kappa shape index (κ1) is 12.7. The molecule has 18 heavy (non-hydrogen) atoms. The van der Waals surface area contributed by atoms with Crippen LogP contribution in [-0.4, -0.2) is 11.3 Å². The van der Waals surface area contributed by atoms with Crippen LogP contribution >= 0.6 is 23.2 Å². The molecule has 0 saturated heterocycles. The summed E-state index contributed by atoms with van der Waals surface area (Å²) in [6, 6.07) is 11.8. The van der Waals surface area contributed by atoms with Gasteiger partial charge in [0.2, 0.25) is 0 Å². The molecule has 1 N–H and O–H groups in total. The largest absolute Gasteiger partial charge is 0.511 e.